The van der Waals surface area contributed by atoms with Crippen molar-refractivity contribution in [2.24, 2.45) is 0 Å². The van der Waals surface area contributed by atoms with Crippen molar-refractivity contribution < 1.29 is 18.6 Å². The maximum atomic E-state index is 12.5. The molecule has 5 heteroatoms. The van der Waals surface area contributed by atoms with Gasteiger partial charge in [0.1, 0.15) is 23.3 Å². The van der Waals surface area contributed by atoms with Gasteiger partial charge in [-0.15, -0.1) is 0 Å². The van der Waals surface area contributed by atoms with Crippen LogP contribution in [-0.4, -0.2) is 18.8 Å². The molecule has 0 saturated carbocycles. The largest absolute Gasteiger partial charge is 0.489 e. The van der Waals surface area contributed by atoms with Gasteiger partial charge < -0.3 is 18.6 Å². The molecule has 0 atom stereocenters. The standard InChI is InChI=1S/C25H34O5/c1-16(2)10-8-11-19(7)14-15-27-20-12-9-13-21-22(20)23(28-17(3)4)24(25(26)30-21)29-18(5)6/h9-10,12-14,17-18H,8,11,15H2,1-7H3. The van der Waals surface area contributed by atoms with Crippen LogP contribution in [0.2, 0.25) is 0 Å². The minimum Gasteiger partial charge on any atom is -0.489 e. The molecule has 0 N–H and O–H groups in total. The smallest absolute Gasteiger partial charge is 0.383 e. The van der Waals surface area contributed by atoms with Crippen molar-refractivity contribution in [2.75, 3.05) is 6.61 Å². The maximum Gasteiger partial charge on any atom is 0.383 e. The van der Waals surface area contributed by atoms with Crippen LogP contribution in [0.3, 0.4) is 0 Å². The number of fused-ring (bicyclic) bond motifs is 1. The van der Waals surface area contributed by atoms with E-state index in [1.165, 1.54) is 11.1 Å². The molecule has 0 aliphatic carbocycles. The number of ether oxygens (including phenoxy) is 3. The first-order valence-electron chi connectivity index (χ1n) is 10.5. The van der Waals surface area contributed by atoms with E-state index in [1.54, 1.807) is 12.1 Å². The van der Waals surface area contributed by atoms with Crippen LogP contribution in [-0.2, 0) is 0 Å². The monoisotopic (exact) mass is 414 g/mol. The Kier molecular flexibility index (Phi) is 8.58. The van der Waals surface area contributed by atoms with Crippen LogP contribution >= 0.6 is 0 Å². The zero-order valence-corrected chi connectivity index (χ0v) is 19.2. The lowest BCUT2D eigenvalue weighted by molar-refractivity contribution is 0.192. The minimum absolute atomic E-state index is 0.0793. The summed E-state index contributed by atoms with van der Waals surface area (Å²) in [4.78, 5) is 12.5. The molecular formula is C25H34O5. The molecule has 0 amide bonds. The van der Waals surface area contributed by atoms with E-state index >= 15 is 0 Å². The predicted octanol–water partition coefficient (Wildman–Crippen LogP) is 6.44. The van der Waals surface area contributed by atoms with Crippen molar-refractivity contribution in [1.29, 1.82) is 0 Å². The molecule has 5 nitrogen and oxygen atoms in total. The van der Waals surface area contributed by atoms with Crippen molar-refractivity contribution in [1.82, 2.24) is 0 Å². The van der Waals surface area contributed by atoms with Gasteiger partial charge in [-0.1, -0.05) is 23.3 Å². The summed E-state index contributed by atoms with van der Waals surface area (Å²) in [5.74, 6) is 1.04. The number of rotatable bonds is 10. The van der Waals surface area contributed by atoms with E-state index in [-0.39, 0.29) is 18.0 Å². The lowest BCUT2D eigenvalue weighted by atomic mass is 10.1. The molecule has 30 heavy (non-hydrogen) atoms. The molecule has 0 fully saturated rings. The van der Waals surface area contributed by atoms with Gasteiger partial charge in [-0.3, -0.25) is 0 Å². The van der Waals surface area contributed by atoms with Crippen LogP contribution in [0.5, 0.6) is 17.2 Å². The zero-order valence-electron chi connectivity index (χ0n) is 19.2. The number of benzene rings is 1. The molecule has 0 spiro atoms. The van der Waals surface area contributed by atoms with E-state index < -0.39 is 5.63 Å². The number of hydrogen-bond donors (Lipinski definition) is 0. The molecule has 164 valence electrons. The second-order valence-corrected chi connectivity index (χ2v) is 8.19. The fourth-order valence-corrected chi connectivity index (χ4v) is 2.94. The van der Waals surface area contributed by atoms with Crippen molar-refractivity contribution in [3.8, 4) is 17.2 Å². The summed E-state index contributed by atoms with van der Waals surface area (Å²) in [6.45, 7) is 14.3. The molecule has 0 bridgehead atoms. The first-order valence-corrected chi connectivity index (χ1v) is 10.5. The third kappa shape index (κ3) is 6.68. The fraction of sp³-hybridized carbons (Fsp3) is 0.480. The third-order valence-corrected chi connectivity index (χ3v) is 4.28. The predicted molar refractivity (Wildman–Crippen MR) is 122 cm³/mol. The summed E-state index contributed by atoms with van der Waals surface area (Å²) < 4.78 is 23.3. The van der Waals surface area contributed by atoms with Gasteiger partial charge in [0.2, 0.25) is 5.75 Å². The molecular weight excluding hydrogens is 380 g/mol. The lowest BCUT2D eigenvalue weighted by Gasteiger charge is -2.18. The summed E-state index contributed by atoms with van der Waals surface area (Å²) in [7, 11) is 0. The fourth-order valence-electron chi connectivity index (χ4n) is 2.94. The van der Waals surface area contributed by atoms with E-state index in [1.807, 2.05) is 33.8 Å². The number of allylic oxidation sites excluding steroid dienone is 3. The maximum absolute atomic E-state index is 12.5. The summed E-state index contributed by atoms with van der Waals surface area (Å²) in [6.07, 6.45) is 5.98. The van der Waals surface area contributed by atoms with Crippen LogP contribution in [0.25, 0.3) is 11.0 Å². The summed E-state index contributed by atoms with van der Waals surface area (Å²) in [5.41, 5.74) is 2.45. The van der Waals surface area contributed by atoms with Crippen LogP contribution in [0.1, 0.15) is 61.3 Å². The van der Waals surface area contributed by atoms with Gasteiger partial charge >= 0.3 is 5.63 Å². The van der Waals surface area contributed by atoms with Crippen LogP contribution in [0, 0.1) is 0 Å². The highest BCUT2D eigenvalue weighted by atomic mass is 16.5. The first-order chi connectivity index (χ1) is 14.2. The molecule has 1 aromatic heterocycles. The second kappa shape index (κ2) is 10.9. The molecule has 0 unspecified atom stereocenters. The molecule has 0 aliphatic rings. The Hall–Kier alpha value is -2.69. The molecule has 2 rings (SSSR count). The SMILES string of the molecule is CC(C)=CCCC(C)=CCOc1cccc2oc(=O)c(OC(C)C)c(OC(C)C)c12. The Bertz CT molecular complexity index is 959. The quantitative estimate of drug-likeness (QED) is 0.331. The molecule has 0 radical (unpaired) electrons. The van der Waals surface area contributed by atoms with Gasteiger partial charge in [0, 0.05) is 0 Å². The second-order valence-electron chi connectivity index (χ2n) is 8.19. The molecule has 0 saturated heterocycles. The Balaban J connectivity index is 2.38. The van der Waals surface area contributed by atoms with Crippen LogP contribution in [0.4, 0.5) is 0 Å². The third-order valence-electron chi connectivity index (χ3n) is 4.28. The van der Waals surface area contributed by atoms with Crippen molar-refractivity contribution in [2.45, 2.75) is 73.5 Å². The van der Waals surface area contributed by atoms with Crippen LogP contribution in [0.15, 0.2) is 50.7 Å². The topological polar surface area (TPSA) is 57.9 Å². The Labute approximate surface area is 179 Å². The Morgan fingerprint density at radius 3 is 2.30 bits per heavy atom. The highest BCUT2D eigenvalue weighted by Gasteiger charge is 2.22. The van der Waals surface area contributed by atoms with Gasteiger partial charge in [0.15, 0.2) is 5.75 Å². The van der Waals surface area contributed by atoms with Gasteiger partial charge in [-0.2, -0.15) is 0 Å². The lowest BCUT2D eigenvalue weighted by Crippen LogP contribution is -2.17. The van der Waals surface area contributed by atoms with E-state index in [2.05, 4.69) is 32.9 Å². The van der Waals surface area contributed by atoms with Crippen molar-refractivity contribution in [3.05, 3.63) is 51.9 Å². The normalized spacial score (nSPS) is 11.8. The highest BCUT2D eigenvalue weighted by Crippen LogP contribution is 2.39. The van der Waals surface area contributed by atoms with Gasteiger partial charge in [0.05, 0.1) is 12.2 Å². The Morgan fingerprint density at radius 2 is 1.67 bits per heavy atom. The summed E-state index contributed by atoms with van der Waals surface area (Å²) in [5, 5.41) is 0.608. The molecule has 1 aromatic carbocycles. The van der Waals surface area contributed by atoms with E-state index in [4.69, 9.17) is 18.6 Å². The van der Waals surface area contributed by atoms with Crippen molar-refractivity contribution >= 4 is 11.0 Å². The van der Waals surface area contributed by atoms with E-state index in [0.717, 1.165) is 12.8 Å². The van der Waals surface area contributed by atoms with Gasteiger partial charge in [0.25, 0.3) is 0 Å². The summed E-state index contributed by atoms with van der Waals surface area (Å²) >= 11 is 0. The highest BCUT2D eigenvalue weighted by molar-refractivity contribution is 5.91. The molecule has 0 aliphatic heterocycles. The van der Waals surface area contributed by atoms with E-state index in [0.29, 0.717) is 29.1 Å². The van der Waals surface area contributed by atoms with Gasteiger partial charge in [-0.25, -0.2) is 4.79 Å². The van der Waals surface area contributed by atoms with E-state index in [9.17, 15) is 4.79 Å². The Morgan fingerprint density at radius 1 is 1.00 bits per heavy atom. The number of hydrogen-bond acceptors (Lipinski definition) is 5. The first kappa shape index (κ1) is 23.6. The molecule has 2 aromatic rings. The van der Waals surface area contributed by atoms with Gasteiger partial charge in [-0.05, 0) is 79.5 Å². The average molecular weight is 415 g/mol. The van der Waals surface area contributed by atoms with Crippen molar-refractivity contribution in [3.63, 3.8) is 0 Å². The van der Waals surface area contributed by atoms with Crippen LogP contribution < -0.4 is 19.8 Å². The summed E-state index contributed by atoms with van der Waals surface area (Å²) in [6, 6.07) is 5.38. The minimum atomic E-state index is -0.556. The molecule has 1 heterocycles. The zero-order chi connectivity index (χ0) is 22.3. The average Bonchev–Trinajstić information content (AvgIpc) is 2.63.